The summed E-state index contributed by atoms with van der Waals surface area (Å²) in [4.78, 5) is 0. The first-order chi connectivity index (χ1) is 7.22. The number of rotatable bonds is 3. The average Bonchev–Trinajstić information content (AvgIpc) is 2.36. The molecule has 0 aromatic carbocycles. The lowest BCUT2D eigenvalue weighted by atomic mass is 10.1. The van der Waals surface area contributed by atoms with Crippen molar-refractivity contribution in [2.24, 2.45) is 0 Å². The molecule has 92 valence electrons. The molecule has 1 atom stereocenters. The first kappa shape index (κ1) is 14.7. The summed E-state index contributed by atoms with van der Waals surface area (Å²) in [5, 5.41) is 13.7. The lowest BCUT2D eigenvalue weighted by Gasteiger charge is -2.23. The monoisotopic (exact) mass is 345 g/mol. The van der Waals surface area contributed by atoms with Gasteiger partial charge in [-0.1, -0.05) is 23.2 Å². The smallest absolute Gasteiger partial charge is 0.113 e. The van der Waals surface area contributed by atoms with E-state index < -0.39 is 6.10 Å². The van der Waals surface area contributed by atoms with Gasteiger partial charge in [0.15, 0.2) is 0 Å². The highest BCUT2D eigenvalue weighted by atomic mass is 79.9. The average molecular weight is 347 g/mol. The van der Waals surface area contributed by atoms with Gasteiger partial charge in [-0.25, -0.2) is 0 Å². The Hall–Kier alpha value is 0.680. The van der Waals surface area contributed by atoms with Crippen molar-refractivity contribution in [1.82, 2.24) is 5.32 Å². The lowest BCUT2D eigenvalue weighted by molar-refractivity contribution is 0.163. The van der Waals surface area contributed by atoms with Crippen LogP contribution in [0.1, 0.15) is 32.4 Å². The van der Waals surface area contributed by atoms with Crippen LogP contribution in [0, 0.1) is 0 Å². The number of β-amino-alcohol motifs (C(OH)–C–C–N with tert-alkyl or cyclic N) is 1. The molecule has 1 aromatic rings. The summed E-state index contributed by atoms with van der Waals surface area (Å²) in [5.74, 6) is 0. The second-order valence-corrected chi connectivity index (χ2v) is 7.84. The number of thiophene rings is 1. The largest absolute Gasteiger partial charge is 0.387 e. The highest BCUT2D eigenvalue weighted by molar-refractivity contribution is 9.11. The highest BCUT2D eigenvalue weighted by Crippen LogP contribution is 2.43. The fraction of sp³-hybridized carbons (Fsp3) is 0.600. The van der Waals surface area contributed by atoms with Crippen LogP contribution in [0.25, 0.3) is 0 Å². The van der Waals surface area contributed by atoms with E-state index in [0.29, 0.717) is 21.5 Å². The SMILES string of the molecule is CC(C)(C)NCC(O)c1c(Br)sc(Cl)c1Cl. The van der Waals surface area contributed by atoms with E-state index in [-0.39, 0.29) is 5.54 Å². The quantitative estimate of drug-likeness (QED) is 0.857. The van der Waals surface area contributed by atoms with Gasteiger partial charge in [-0.05, 0) is 36.7 Å². The maximum absolute atomic E-state index is 10.0. The van der Waals surface area contributed by atoms with Gasteiger partial charge in [0.25, 0.3) is 0 Å². The van der Waals surface area contributed by atoms with E-state index in [1.807, 2.05) is 20.8 Å². The summed E-state index contributed by atoms with van der Waals surface area (Å²) in [6, 6.07) is 0. The van der Waals surface area contributed by atoms with E-state index >= 15 is 0 Å². The minimum Gasteiger partial charge on any atom is -0.387 e. The van der Waals surface area contributed by atoms with Crippen molar-refractivity contribution in [3.8, 4) is 0 Å². The highest BCUT2D eigenvalue weighted by Gasteiger charge is 2.22. The fourth-order valence-corrected chi connectivity index (χ4v) is 3.93. The van der Waals surface area contributed by atoms with Gasteiger partial charge < -0.3 is 10.4 Å². The van der Waals surface area contributed by atoms with E-state index in [4.69, 9.17) is 23.2 Å². The van der Waals surface area contributed by atoms with Crippen LogP contribution in [0.2, 0.25) is 9.36 Å². The third-order valence-corrected chi connectivity index (χ3v) is 4.68. The molecule has 1 aromatic heterocycles. The van der Waals surface area contributed by atoms with Crippen LogP contribution >= 0.6 is 50.5 Å². The Balaban J connectivity index is 2.77. The van der Waals surface area contributed by atoms with Gasteiger partial charge in [-0.2, -0.15) is 0 Å². The maximum atomic E-state index is 10.0. The van der Waals surface area contributed by atoms with E-state index in [1.54, 1.807) is 0 Å². The van der Waals surface area contributed by atoms with Crippen molar-refractivity contribution in [1.29, 1.82) is 0 Å². The zero-order valence-electron chi connectivity index (χ0n) is 9.27. The number of aliphatic hydroxyl groups is 1. The molecule has 0 saturated heterocycles. The summed E-state index contributed by atoms with van der Waals surface area (Å²) in [7, 11) is 0. The maximum Gasteiger partial charge on any atom is 0.113 e. The summed E-state index contributed by atoms with van der Waals surface area (Å²) >= 11 is 16.6. The number of nitrogens with one attached hydrogen (secondary N) is 1. The molecular weight excluding hydrogens is 333 g/mol. The van der Waals surface area contributed by atoms with Gasteiger partial charge in [0.2, 0.25) is 0 Å². The van der Waals surface area contributed by atoms with E-state index in [2.05, 4.69) is 21.2 Å². The molecule has 0 fully saturated rings. The third-order valence-electron chi connectivity index (χ3n) is 1.96. The molecular formula is C10H14BrCl2NOS. The van der Waals surface area contributed by atoms with Crippen molar-refractivity contribution in [3.63, 3.8) is 0 Å². The normalized spacial score (nSPS) is 14.2. The first-order valence-electron chi connectivity index (χ1n) is 4.78. The molecule has 2 N–H and O–H groups in total. The van der Waals surface area contributed by atoms with Gasteiger partial charge in [0, 0.05) is 17.6 Å². The standard InChI is InChI=1S/C10H14BrCl2NOS/c1-10(2,3)14-4-5(15)6-7(12)9(13)16-8(6)11/h5,14-15H,4H2,1-3H3. The molecule has 1 heterocycles. The predicted octanol–water partition coefficient (Wildman–Crippen LogP) is 4.24. The number of hydrogen-bond donors (Lipinski definition) is 2. The number of halogens is 3. The Morgan fingerprint density at radius 2 is 2.00 bits per heavy atom. The predicted molar refractivity (Wildman–Crippen MR) is 74.8 cm³/mol. The zero-order chi connectivity index (χ0) is 12.5. The second-order valence-electron chi connectivity index (χ2n) is 4.52. The van der Waals surface area contributed by atoms with Crippen molar-refractivity contribution in [3.05, 3.63) is 18.7 Å². The molecule has 0 aliphatic carbocycles. The summed E-state index contributed by atoms with van der Waals surface area (Å²) in [6.07, 6.45) is -0.662. The Morgan fingerprint density at radius 3 is 2.38 bits per heavy atom. The van der Waals surface area contributed by atoms with Gasteiger partial charge in [-0.15, -0.1) is 11.3 Å². The molecule has 0 spiro atoms. The van der Waals surface area contributed by atoms with Crippen LogP contribution in [-0.4, -0.2) is 17.2 Å². The third kappa shape index (κ3) is 3.86. The summed E-state index contributed by atoms with van der Waals surface area (Å²) < 4.78 is 1.28. The van der Waals surface area contributed by atoms with E-state index in [9.17, 15) is 5.11 Å². The molecule has 2 nitrogen and oxygen atoms in total. The molecule has 0 bridgehead atoms. The van der Waals surface area contributed by atoms with E-state index in [0.717, 1.165) is 3.79 Å². The van der Waals surface area contributed by atoms with Gasteiger partial charge >= 0.3 is 0 Å². The molecule has 6 heteroatoms. The van der Waals surface area contributed by atoms with Gasteiger partial charge in [0.1, 0.15) is 4.34 Å². The summed E-state index contributed by atoms with van der Waals surface area (Å²) in [5.41, 5.74) is 0.619. The zero-order valence-corrected chi connectivity index (χ0v) is 13.2. The Kier molecular flexibility index (Phi) is 5.11. The minimum atomic E-state index is -0.662. The second kappa shape index (κ2) is 5.55. The minimum absolute atomic E-state index is 0.0419. The number of aliphatic hydroxyl groups excluding tert-OH is 1. The van der Waals surface area contributed by atoms with Crippen molar-refractivity contribution in [2.45, 2.75) is 32.4 Å². The lowest BCUT2D eigenvalue weighted by Crippen LogP contribution is -2.38. The van der Waals surface area contributed by atoms with Crippen LogP contribution in [0.3, 0.4) is 0 Å². The van der Waals surface area contributed by atoms with Crippen molar-refractivity contribution < 1.29 is 5.11 Å². The van der Waals surface area contributed by atoms with Crippen LogP contribution in [0.4, 0.5) is 0 Å². The van der Waals surface area contributed by atoms with Gasteiger partial charge in [0.05, 0.1) is 14.9 Å². The van der Waals surface area contributed by atoms with Crippen molar-refractivity contribution in [2.75, 3.05) is 6.54 Å². The number of hydrogen-bond acceptors (Lipinski definition) is 3. The molecule has 1 unspecified atom stereocenters. The van der Waals surface area contributed by atoms with Crippen LogP contribution in [0.15, 0.2) is 3.79 Å². The molecule has 0 amide bonds. The molecule has 1 rings (SSSR count). The first-order valence-corrected chi connectivity index (χ1v) is 7.15. The molecule has 0 aliphatic rings. The molecule has 0 aliphatic heterocycles. The van der Waals surface area contributed by atoms with Crippen molar-refractivity contribution >= 4 is 50.5 Å². The molecule has 0 radical (unpaired) electrons. The Labute approximate surface area is 118 Å². The molecule has 0 saturated carbocycles. The van der Waals surface area contributed by atoms with Crippen LogP contribution < -0.4 is 5.32 Å². The molecule has 16 heavy (non-hydrogen) atoms. The topological polar surface area (TPSA) is 32.3 Å². The summed E-state index contributed by atoms with van der Waals surface area (Å²) in [6.45, 7) is 6.56. The van der Waals surface area contributed by atoms with Gasteiger partial charge in [-0.3, -0.25) is 0 Å². The van der Waals surface area contributed by atoms with Crippen LogP contribution in [0.5, 0.6) is 0 Å². The van der Waals surface area contributed by atoms with E-state index in [1.165, 1.54) is 11.3 Å². The Bertz CT molecular complexity index is 376. The fourth-order valence-electron chi connectivity index (χ4n) is 1.15. The Morgan fingerprint density at radius 1 is 1.44 bits per heavy atom. The van der Waals surface area contributed by atoms with Crippen LogP contribution in [-0.2, 0) is 0 Å².